The fourth-order valence-electron chi connectivity index (χ4n) is 3.62. The maximum absolute atomic E-state index is 12.7. The van der Waals surface area contributed by atoms with Gasteiger partial charge in [-0.1, -0.05) is 12.1 Å². The molecule has 0 aromatic heterocycles. The molecule has 3 rings (SSSR count). The Morgan fingerprint density at radius 1 is 1.25 bits per heavy atom. The molecule has 6 nitrogen and oxygen atoms in total. The minimum absolute atomic E-state index is 0.153. The number of ether oxygens (including phenoxy) is 1. The number of sulfonamides is 1. The van der Waals surface area contributed by atoms with Gasteiger partial charge in [0.1, 0.15) is 5.75 Å². The first-order valence-corrected chi connectivity index (χ1v) is 10.1. The Morgan fingerprint density at radius 3 is 2.46 bits per heavy atom. The zero-order valence-electron chi connectivity index (χ0n) is 14.4. The SMILES string of the molecule is COc1ccc(C2CCN(S(=O)(=O)C[C@]3(C)CNCN3)CC2)cc1. The molecule has 24 heavy (non-hydrogen) atoms. The summed E-state index contributed by atoms with van der Waals surface area (Å²) in [6.07, 6.45) is 1.74. The minimum Gasteiger partial charge on any atom is -0.497 e. The van der Waals surface area contributed by atoms with Gasteiger partial charge in [-0.05, 0) is 43.4 Å². The molecule has 0 amide bonds. The van der Waals surface area contributed by atoms with Gasteiger partial charge in [0, 0.05) is 31.8 Å². The van der Waals surface area contributed by atoms with E-state index >= 15 is 0 Å². The molecule has 2 aliphatic rings. The van der Waals surface area contributed by atoms with Crippen LogP contribution in [0.3, 0.4) is 0 Å². The van der Waals surface area contributed by atoms with Gasteiger partial charge in [0.2, 0.25) is 10.0 Å². The quantitative estimate of drug-likeness (QED) is 0.830. The Morgan fingerprint density at radius 2 is 1.92 bits per heavy atom. The largest absolute Gasteiger partial charge is 0.497 e. The Labute approximate surface area is 144 Å². The van der Waals surface area contributed by atoms with Gasteiger partial charge < -0.3 is 10.1 Å². The smallest absolute Gasteiger partial charge is 0.215 e. The zero-order valence-corrected chi connectivity index (χ0v) is 15.2. The van der Waals surface area contributed by atoms with E-state index in [1.54, 1.807) is 11.4 Å². The average molecular weight is 353 g/mol. The third-order valence-electron chi connectivity index (χ3n) is 5.09. The maximum Gasteiger partial charge on any atom is 0.215 e. The second-order valence-corrected chi connectivity index (χ2v) is 9.01. The highest BCUT2D eigenvalue weighted by atomic mass is 32.2. The second-order valence-electron chi connectivity index (χ2n) is 7.04. The van der Waals surface area contributed by atoms with E-state index in [0.29, 0.717) is 32.2 Å². The van der Waals surface area contributed by atoms with E-state index in [4.69, 9.17) is 4.74 Å². The van der Waals surface area contributed by atoms with Crippen LogP contribution in [0.1, 0.15) is 31.2 Å². The highest BCUT2D eigenvalue weighted by Crippen LogP contribution is 2.30. The number of methoxy groups -OCH3 is 1. The van der Waals surface area contributed by atoms with Gasteiger partial charge in [-0.15, -0.1) is 0 Å². The van der Waals surface area contributed by atoms with Crippen molar-refractivity contribution in [2.75, 3.05) is 39.2 Å². The number of nitrogens with one attached hydrogen (secondary N) is 2. The standard InChI is InChI=1S/C17H27N3O3S/c1-17(11-18-13-19-17)12-24(21,22)20-9-7-15(8-10-20)14-3-5-16(23-2)6-4-14/h3-6,15,18-19H,7-13H2,1-2H3/t17-/m0/s1. The topological polar surface area (TPSA) is 70.7 Å². The second kappa shape index (κ2) is 7.00. The van der Waals surface area contributed by atoms with Gasteiger partial charge in [-0.2, -0.15) is 0 Å². The van der Waals surface area contributed by atoms with E-state index in [1.165, 1.54) is 5.56 Å². The molecule has 2 N–H and O–H groups in total. The monoisotopic (exact) mass is 353 g/mol. The van der Waals surface area contributed by atoms with Gasteiger partial charge in [-0.3, -0.25) is 5.32 Å². The average Bonchev–Trinajstić information content (AvgIpc) is 3.00. The Bertz CT molecular complexity index is 646. The molecule has 0 spiro atoms. The maximum atomic E-state index is 12.7. The molecule has 1 aromatic rings. The minimum atomic E-state index is -3.23. The summed E-state index contributed by atoms with van der Waals surface area (Å²) in [4.78, 5) is 0. The molecule has 0 unspecified atom stereocenters. The molecule has 2 aliphatic heterocycles. The van der Waals surface area contributed by atoms with Crippen LogP contribution >= 0.6 is 0 Å². The first kappa shape index (κ1) is 17.7. The number of piperidine rings is 1. The van der Waals surface area contributed by atoms with Crippen molar-refractivity contribution in [2.24, 2.45) is 0 Å². The summed E-state index contributed by atoms with van der Waals surface area (Å²) in [5, 5.41) is 6.42. The van der Waals surface area contributed by atoms with Crippen molar-refractivity contribution in [2.45, 2.75) is 31.2 Å². The van der Waals surface area contributed by atoms with Crippen molar-refractivity contribution in [1.29, 1.82) is 0 Å². The van der Waals surface area contributed by atoms with E-state index < -0.39 is 10.0 Å². The first-order chi connectivity index (χ1) is 11.4. The van der Waals surface area contributed by atoms with Gasteiger partial charge in [-0.25, -0.2) is 12.7 Å². The molecule has 0 radical (unpaired) electrons. The van der Waals surface area contributed by atoms with Crippen LogP contribution in [-0.2, 0) is 10.0 Å². The van der Waals surface area contributed by atoms with Crippen molar-refractivity contribution in [3.05, 3.63) is 29.8 Å². The molecule has 1 atom stereocenters. The third kappa shape index (κ3) is 3.91. The molecule has 2 saturated heterocycles. The summed E-state index contributed by atoms with van der Waals surface area (Å²) in [7, 11) is -1.57. The van der Waals surface area contributed by atoms with Crippen molar-refractivity contribution in [3.8, 4) is 5.75 Å². The van der Waals surface area contributed by atoms with Gasteiger partial charge in [0.15, 0.2) is 0 Å². The highest BCUT2D eigenvalue weighted by Gasteiger charge is 2.37. The van der Waals surface area contributed by atoms with Crippen LogP contribution in [0.25, 0.3) is 0 Å². The van der Waals surface area contributed by atoms with Crippen LogP contribution in [0.15, 0.2) is 24.3 Å². The lowest BCUT2D eigenvalue weighted by atomic mass is 9.90. The van der Waals surface area contributed by atoms with E-state index in [-0.39, 0.29) is 11.3 Å². The molecule has 0 aliphatic carbocycles. The van der Waals surface area contributed by atoms with Gasteiger partial charge in [0.25, 0.3) is 0 Å². The van der Waals surface area contributed by atoms with Gasteiger partial charge >= 0.3 is 0 Å². The van der Waals surface area contributed by atoms with Crippen LogP contribution < -0.4 is 15.4 Å². The molecular weight excluding hydrogens is 326 g/mol. The lowest BCUT2D eigenvalue weighted by Crippen LogP contribution is -2.50. The van der Waals surface area contributed by atoms with Crippen LogP contribution in [0.5, 0.6) is 5.75 Å². The zero-order chi connectivity index (χ0) is 17.2. The van der Waals surface area contributed by atoms with Crippen molar-refractivity contribution in [3.63, 3.8) is 0 Å². The predicted octanol–water partition coefficient (Wildman–Crippen LogP) is 1.11. The van der Waals surface area contributed by atoms with Crippen molar-refractivity contribution >= 4 is 10.0 Å². The Balaban J connectivity index is 1.59. The molecule has 0 bridgehead atoms. The lowest BCUT2D eigenvalue weighted by Gasteiger charge is -2.34. The molecule has 2 fully saturated rings. The van der Waals surface area contributed by atoms with E-state index in [1.807, 2.05) is 19.1 Å². The molecule has 134 valence electrons. The molecule has 1 aromatic carbocycles. The number of hydrogen-bond acceptors (Lipinski definition) is 5. The van der Waals surface area contributed by atoms with E-state index in [2.05, 4.69) is 22.8 Å². The number of nitrogens with zero attached hydrogens (tertiary/aromatic N) is 1. The molecular formula is C17H27N3O3S. The van der Waals surface area contributed by atoms with Gasteiger partial charge in [0.05, 0.1) is 12.9 Å². The van der Waals surface area contributed by atoms with E-state index in [9.17, 15) is 8.42 Å². The summed E-state index contributed by atoms with van der Waals surface area (Å²) in [6.45, 7) is 4.53. The number of hydrogen-bond donors (Lipinski definition) is 2. The Kier molecular flexibility index (Phi) is 5.15. The summed E-state index contributed by atoms with van der Waals surface area (Å²) in [5.41, 5.74) is 0.896. The summed E-state index contributed by atoms with van der Waals surface area (Å²) in [6, 6.07) is 8.11. The first-order valence-electron chi connectivity index (χ1n) is 8.49. The number of rotatable bonds is 5. The Hall–Kier alpha value is -1.15. The number of benzene rings is 1. The third-order valence-corrected chi connectivity index (χ3v) is 7.24. The fourth-order valence-corrected chi connectivity index (χ4v) is 5.58. The molecule has 2 heterocycles. The highest BCUT2D eigenvalue weighted by molar-refractivity contribution is 7.89. The van der Waals surface area contributed by atoms with Crippen LogP contribution in [0.2, 0.25) is 0 Å². The van der Waals surface area contributed by atoms with E-state index in [0.717, 1.165) is 18.6 Å². The lowest BCUT2D eigenvalue weighted by molar-refractivity contribution is 0.315. The van der Waals surface area contributed by atoms with Crippen LogP contribution in [0.4, 0.5) is 0 Å². The fraction of sp³-hybridized carbons (Fsp3) is 0.647. The summed E-state index contributed by atoms with van der Waals surface area (Å²) < 4.78 is 32.3. The normalized spacial score (nSPS) is 26.6. The van der Waals surface area contributed by atoms with Crippen molar-refractivity contribution in [1.82, 2.24) is 14.9 Å². The summed E-state index contributed by atoms with van der Waals surface area (Å²) >= 11 is 0. The van der Waals surface area contributed by atoms with Crippen LogP contribution in [-0.4, -0.2) is 57.4 Å². The van der Waals surface area contributed by atoms with Crippen LogP contribution in [0, 0.1) is 0 Å². The molecule has 0 saturated carbocycles. The predicted molar refractivity (Wildman–Crippen MR) is 94.7 cm³/mol. The molecule has 7 heteroatoms. The van der Waals surface area contributed by atoms with Crippen molar-refractivity contribution < 1.29 is 13.2 Å². The summed E-state index contributed by atoms with van der Waals surface area (Å²) in [5.74, 6) is 1.43.